The Morgan fingerprint density at radius 1 is 1.53 bits per heavy atom. The monoisotopic (exact) mass is 265 g/mol. The van der Waals surface area contributed by atoms with E-state index < -0.39 is 4.92 Å². The quantitative estimate of drug-likeness (QED) is 0.409. The number of hydrogen-bond acceptors (Lipinski definition) is 6. The third-order valence-corrected chi connectivity index (χ3v) is 3.11. The number of carbonyl (C=O) groups excluding carboxylic acids is 1. The lowest BCUT2D eigenvalue weighted by Crippen LogP contribution is -2.54. The van der Waals surface area contributed by atoms with Crippen LogP contribution in [0.1, 0.15) is 6.92 Å². The van der Waals surface area contributed by atoms with Crippen LogP contribution < -0.4 is 21.5 Å². The molecule has 102 valence electrons. The van der Waals surface area contributed by atoms with Crippen molar-refractivity contribution < 1.29 is 9.72 Å². The molecule has 0 aromatic heterocycles. The molecule has 0 radical (unpaired) electrons. The van der Waals surface area contributed by atoms with Crippen molar-refractivity contribution in [3.63, 3.8) is 0 Å². The summed E-state index contributed by atoms with van der Waals surface area (Å²) in [7, 11) is 0. The lowest BCUT2D eigenvalue weighted by Gasteiger charge is -2.34. The topological polar surface area (TPSA) is 114 Å². The SMILES string of the molecule is CC1C(=O)NCCN1c1cc(NN)cc([N+](=O)[O-])c1. The van der Waals surface area contributed by atoms with Gasteiger partial charge in [-0.05, 0) is 13.0 Å². The van der Waals surface area contributed by atoms with Gasteiger partial charge in [-0.3, -0.25) is 20.8 Å². The molecule has 1 fully saturated rings. The highest BCUT2D eigenvalue weighted by molar-refractivity contribution is 5.86. The number of nitro groups is 1. The van der Waals surface area contributed by atoms with Crippen LogP contribution in [0.5, 0.6) is 0 Å². The zero-order valence-corrected chi connectivity index (χ0v) is 10.4. The normalized spacial score (nSPS) is 18.9. The molecule has 2 rings (SSSR count). The number of hydrazine groups is 1. The molecule has 0 aliphatic carbocycles. The molecule has 1 saturated heterocycles. The van der Waals surface area contributed by atoms with Crippen molar-refractivity contribution in [2.45, 2.75) is 13.0 Å². The predicted molar refractivity (Wildman–Crippen MR) is 70.7 cm³/mol. The fraction of sp³-hybridized carbons (Fsp3) is 0.364. The van der Waals surface area contributed by atoms with E-state index in [2.05, 4.69) is 10.7 Å². The lowest BCUT2D eigenvalue weighted by molar-refractivity contribution is -0.384. The van der Waals surface area contributed by atoms with E-state index in [1.807, 2.05) is 4.90 Å². The second-order valence-corrected chi connectivity index (χ2v) is 4.30. The second-order valence-electron chi connectivity index (χ2n) is 4.30. The van der Waals surface area contributed by atoms with Gasteiger partial charge in [-0.2, -0.15) is 0 Å². The van der Waals surface area contributed by atoms with Gasteiger partial charge in [0.05, 0.1) is 10.6 Å². The number of nitrogens with two attached hydrogens (primary N) is 1. The number of carbonyl (C=O) groups is 1. The van der Waals surface area contributed by atoms with Crippen LogP contribution in [0, 0.1) is 10.1 Å². The van der Waals surface area contributed by atoms with Gasteiger partial charge in [0.2, 0.25) is 5.91 Å². The number of nitrogens with one attached hydrogen (secondary N) is 2. The van der Waals surface area contributed by atoms with E-state index in [1.165, 1.54) is 12.1 Å². The van der Waals surface area contributed by atoms with Crippen LogP contribution in [0.4, 0.5) is 17.1 Å². The summed E-state index contributed by atoms with van der Waals surface area (Å²) in [6.07, 6.45) is 0. The Kier molecular flexibility index (Phi) is 3.52. The molecule has 1 aromatic carbocycles. The van der Waals surface area contributed by atoms with Crippen molar-refractivity contribution in [3.8, 4) is 0 Å². The molecule has 1 aliphatic heterocycles. The van der Waals surface area contributed by atoms with Gasteiger partial charge in [0.25, 0.3) is 5.69 Å². The molecule has 1 unspecified atom stereocenters. The Bertz CT molecular complexity index is 519. The maximum Gasteiger partial charge on any atom is 0.273 e. The van der Waals surface area contributed by atoms with Crippen LogP contribution in [-0.4, -0.2) is 30.0 Å². The summed E-state index contributed by atoms with van der Waals surface area (Å²) in [5.74, 6) is 5.21. The smallest absolute Gasteiger partial charge is 0.273 e. The first-order chi connectivity index (χ1) is 9.02. The van der Waals surface area contributed by atoms with Crippen molar-refractivity contribution in [1.82, 2.24) is 5.32 Å². The second kappa shape index (κ2) is 5.11. The minimum atomic E-state index is -0.487. The molecule has 0 spiro atoms. The first-order valence-electron chi connectivity index (χ1n) is 5.83. The minimum Gasteiger partial charge on any atom is -0.358 e. The van der Waals surface area contributed by atoms with E-state index in [0.717, 1.165) is 0 Å². The van der Waals surface area contributed by atoms with Gasteiger partial charge in [0.1, 0.15) is 6.04 Å². The largest absolute Gasteiger partial charge is 0.358 e. The summed E-state index contributed by atoms with van der Waals surface area (Å²) in [6.45, 7) is 2.86. The first kappa shape index (κ1) is 13.1. The molecular weight excluding hydrogens is 250 g/mol. The number of rotatable bonds is 3. The molecule has 1 aliphatic rings. The fourth-order valence-corrected chi connectivity index (χ4v) is 2.08. The molecule has 1 atom stereocenters. The zero-order valence-electron chi connectivity index (χ0n) is 10.4. The van der Waals surface area contributed by atoms with E-state index in [-0.39, 0.29) is 17.6 Å². The summed E-state index contributed by atoms with van der Waals surface area (Å²) in [5.41, 5.74) is 3.36. The van der Waals surface area contributed by atoms with Crippen LogP contribution in [0.2, 0.25) is 0 Å². The van der Waals surface area contributed by atoms with Crippen molar-refractivity contribution in [1.29, 1.82) is 0 Å². The van der Waals surface area contributed by atoms with E-state index in [9.17, 15) is 14.9 Å². The molecule has 8 heteroatoms. The van der Waals surface area contributed by atoms with Crippen LogP contribution in [0.3, 0.4) is 0 Å². The highest BCUT2D eigenvalue weighted by Crippen LogP contribution is 2.28. The summed E-state index contributed by atoms with van der Waals surface area (Å²) in [5, 5.41) is 13.6. The Hall–Kier alpha value is -2.35. The molecule has 8 nitrogen and oxygen atoms in total. The van der Waals surface area contributed by atoms with Crippen LogP contribution in [0.25, 0.3) is 0 Å². The van der Waals surface area contributed by atoms with Crippen molar-refractivity contribution in [2.24, 2.45) is 5.84 Å². The van der Waals surface area contributed by atoms with E-state index in [1.54, 1.807) is 13.0 Å². The van der Waals surface area contributed by atoms with Gasteiger partial charge in [0, 0.05) is 30.9 Å². The maximum absolute atomic E-state index is 11.6. The van der Waals surface area contributed by atoms with Gasteiger partial charge < -0.3 is 15.6 Å². The number of amides is 1. The minimum absolute atomic E-state index is 0.0661. The summed E-state index contributed by atoms with van der Waals surface area (Å²) >= 11 is 0. The van der Waals surface area contributed by atoms with Gasteiger partial charge in [-0.25, -0.2) is 0 Å². The van der Waals surface area contributed by atoms with Crippen molar-refractivity contribution >= 4 is 23.0 Å². The number of nitro benzene ring substituents is 1. The van der Waals surface area contributed by atoms with Crippen LogP contribution in [-0.2, 0) is 4.79 Å². The highest BCUT2D eigenvalue weighted by Gasteiger charge is 2.26. The highest BCUT2D eigenvalue weighted by atomic mass is 16.6. The molecule has 0 saturated carbocycles. The Morgan fingerprint density at radius 2 is 2.26 bits per heavy atom. The first-order valence-corrected chi connectivity index (χ1v) is 5.83. The summed E-state index contributed by atoms with van der Waals surface area (Å²) in [6, 6.07) is 4.09. The standard InChI is InChI=1S/C11H15N5O3/c1-7-11(17)13-2-3-15(7)9-4-8(14-12)5-10(6-9)16(18)19/h4-7,14H,2-3,12H2,1H3,(H,13,17). The maximum atomic E-state index is 11.6. The molecule has 19 heavy (non-hydrogen) atoms. The molecule has 1 heterocycles. The molecule has 1 aromatic rings. The van der Waals surface area contributed by atoms with Gasteiger partial charge in [-0.1, -0.05) is 0 Å². The van der Waals surface area contributed by atoms with Crippen LogP contribution in [0.15, 0.2) is 18.2 Å². The van der Waals surface area contributed by atoms with Crippen molar-refractivity contribution in [3.05, 3.63) is 28.3 Å². The predicted octanol–water partition coefficient (Wildman–Crippen LogP) is 0.205. The Morgan fingerprint density at radius 3 is 2.89 bits per heavy atom. The average Bonchev–Trinajstić information content (AvgIpc) is 2.41. The zero-order chi connectivity index (χ0) is 14.0. The summed E-state index contributed by atoms with van der Waals surface area (Å²) in [4.78, 5) is 23.8. The molecule has 4 N–H and O–H groups in total. The summed E-state index contributed by atoms with van der Waals surface area (Å²) < 4.78 is 0. The average molecular weight is 265 g/mol. The molecular formula is C11H15N5O3. The van der Waals surface area contributed by atoms with E-state index in [4.69, 9.17) is 5.84 Å². The number of nitrogen functional groups attached to an aromatic ring is 1. The van der Waals surface area contributed by atoms with Crippen molar-refractivity contribution in [2.75, 3.05) is 23.4 Å². The number of piperazine rings is 1. The number of non-ortho nitro benzene ring substituents is 1. The van der Waals surface area contributed by atoms with Gasteiger partial charge >= 0.3 is 0 Å². The molecule has 1 amide bonds. The number of anilines is 2. The van der Waals surface area contributed by atoms with Gasteiger partial charge in [0.15, 0.2) is 0 Å². The Balaban J connectivity index is 2.40. The van der Waals surface area contributed by atoms with Crippen LogP contribution >= 0.6 is 0 Å². The number of benzene rings is 1. The van der Waals surface area contributed by atoms with Gasteiger partial charge in [-0.15, -0.1) is 0 Å². The van der Waals surface area contributed by atoms with E-state index in [0.29, 0.717) is 24.5 Å². The lowest BCUT2D eigenvalue weighted by atomic mass is 10.1. The fourth-order valence-electron chi connectivity index (χ4n) is 2.08. The Labute approximate surface area is 109 Å². The third kappa shape index (κ3) is 2.58. The number of nitrogens with zero attached hydrogens (tertiary/aromatic N) is 2. The number of hydrogen-bond donors (Lipinski definition) is 3. The third-order valence-electron chi connectivity index (χ3n) is 3.11. The molecule has 0 bridgehead atoms. The van der Waals surface area contributed by atoms with E-state index >= 15 is 0 Å².